The molecule has 15 heteroatoms. The van der Waals surface area contributed by atoms with Crippen LogP contribution >= 0.6 is 23.3 Å². The van der Waals surface area contributed by atoms with Gasteiger partial charge in [0.15, 0.2) is 0 Å². The summed E-state index contributed by atoms with van der Waals surface area (Å²) in [6.45, 7) is 2.67. The van der Waals surface area contributed by atoms with Crippen molar-refractivity contribution < 1.29 is 32.6 Å². The van der Waals surface area contributed by atoms with Crippen LogP contribution in [0, 0.1) is 10.1 Å². The van der Waals surface area contributed by atoms with Gasteiger partial charge in [0.1, 0.15) is 17.4 Å². The summed E-state index contributed by atoms with van der Waals surface area (Å²) in [7, 11) is -2.17. The van der Waals surface area contributed by atoms with Gasteiger partial charge < -0.3 is 19.2 Å². The number of rotatable bonds is 12. The van der Waals surface area contributed by atoms with Crippen LogP contribution in [0.5, 0.6) is 0 Å². The maximum absolute atomic E-state index is 13.2. The summed E-state index contributed by atoms with van der Waals surface area (Å²) >= 11 is 2.06. The van der Waals surface area contributed by atoms with Crippen LogP contribution in [0.25, 0.3) is 0 Å². The molecule has 1 aliphatic heterocycles. The number of carbonyl (C=O) groups is 1. The lowest BCUT2D eigenvalue weighted by Gasteiger charge is -2.37. The molecule has 2 aromatic rings. The number of hydrogen-bond donors (Lipinski definition) is 1. The summed E-state index contributed by atoms with van der Waals surface area (Å²) in [4.78, 5) is 29.3. The normalized spacial score (nSPS) is 16.8. The molecule has 3 rings (SSSR count). The van der Waals surface area contributed by atoms with E-state index in [4.69, 9.17) is 14.6 Å². The van der Waals surface area contributed by atoms with Crippen molar-refractivity contribution in [2.24, 2.45) is 5.14 Å². The van der Waals surface area contributed by atoms with Gasteiger partial charge in [-0.05, 0) is 42.5 Å². The van der Waals surface area contributed by atoms with Gasteiger partial charge in [-0.1, -0.05) is 24.3 Å². The van der Waals surface area contributed by atoms with Gasteiger partial charge >= 0.3 is 6.09 Å². The highest BCUT2D eigenvalue weighted by Gasteiger charge is 2.42. The van der Waals surface area contributed by atoms with E-state index in [9.17, 15) is 23.3 Å². The van der Waals surface area contributed by atoms with Crippen LogP contribution in [-0.4, -0.2) is 62.2 Å². The van der Waals surface area contributed by atoms with E-state index < -0.39 is 27.2 Å². The molecule has 0 bridgehead atoms. The van der Waals surface area contributed by atoms with Gasteiger partial charge in [-0.3, -0.25) is 5.14 Å². The van der Waals surface area contributed by atoms with Crippen LogP contribution in [-0.2, 0) is 37.5 Å². The molecule has 12 nitrogen and oxygen atoms in total. The smallest absolute Gasteiger partial charge is 0.410 e. The average molecular weight is 561 g/mol. The zero-order valence-electron chi connectivity index (χ0n) is 19.8. The summed E-state index contributed by atoms with van der Waals surface area (Å²) in [5, 5.41) is 15.2. The van der Waals surface area contributed by atoms with E-state index in [2.05, 4.69) is 4.84 Å². The number of thiophene rings is 1. The van der Waals surface area contributed by atoms with Crippen molar-refractivity contribution in [2.45, 2.75) is 41.0 Å². The van der Waals surface area contributed by atoms with E-state index >= 15 is 0 Å². The Morgan fingerprint density at radius 1 is 1.31 bits per heavy atom. The number of ether oxygens (including phenoxy) is 2. The monoisotopic (exact) mass is 560 g/mol. The predicted octanol–water partition coefficient (Wildman–Crippen LogP) is 3.16. The Morgan fingerprint density at radius 2 is 1.97 bits per heavy atom. The van der Waals surface area contributed by atoms with Crippen molar-refractivity contribution >= 4 is 39.4 Å². The number of likely N-dealkylation sites (N-methyl/N-ethyl adjacent to an activating group) is 1. The first kappa shape index (κ1) is 28.1. The second kappa shape index (κ2) is 12.7. The molecule has 0 saturated carbocycles. The topological polar surface area (TPSA) is 155 Å². The minimum atomic E-state index is -3.73. The van der Waals surface area contributed by atoms with E-state index in [0.29, 0.717) is 40.5 Å². The average Bonchev–Trinajstić information content (AvgIpc) is 3.31. The standard InChI is InChI=1S/C21H28N4O8S3/c1-3-24(21(26)32-13-15-5-7-16(8-6-15)14-33-25(27)28)18-12-23(9-4-10-31-2)36(29,30)20-17(18)11-19(34-20)35-22/h5-8,11,18H,3-4,9-10,12-14,22H2,1-2H3. The first-order valence-electron chi connectivity index (χ1n) is 11.0. The second-order valence-corrected chi connectivity index (χ2v) is 11.9. The van der Waals surface area contributed by atoms with Crippen LogP contribution in [0.1, 0.15) is 36.1 Å². The Hall–Kier alpha value is -2.43. The molecular weight excluding hydrogens is 532 g/mol. The van der Waals surface area contributed by atoms with Gasteiger partial charge in [0.2, 0.25) is 0 Å². The lowest BCUT2D eigenvalue weighted by atomic mass is 10.1. The molecule has 1 aliphatic rings. The maximum Gasteiger partial charge on any atom is 0.410 e. The van der Waals surface area contributed by atoms with Crippen LogP contribution in [0.2, 0.25) is 0 Å². The van der Waals surface area contributed by atoms with Crippen molar-refractivity contribution in [2.75, 3.05) is 33.4 Å². The number of carbonyl (C=O) groups excluding carboxylic acids is 1. The SMILES string of the molecule is CCN(C(=O)OCc1ccc(CO[N+](=O)[O-])cc1)C1CN(CCCOC)S(=O)(=O)c2sc(SN)cc21. The van der Waals surface area contributed by atoms with Crippen LogP contribution < -0.4 is 5.14 Å². The fourth-order valence-electron chi connectivity index (χ4n) is 3.79. The summed E-state index contributed by atoms with van der Waals surface area (Å²) < 4.78 is 39.3. The highest BCUT2D eigenvalue weighted by atomic mass is 32.3. The zero-order chi connectivity index (χ0) is 26.3. The number of hydrogen-bond acceptors (Lipinski definition) is 11. The lowest BCUT2D eigenvalue weighted by Crippen LogP contribution is -2.47. The number of nitrogens with zero attached hydrogens (tertiary/aromatic N) is 3. The molecule has 1 amide bonds. The third-order valence-electron chi connectivity index (χ3n) is 5.56. The molecule has 0 saturated heterocycles. The molecular formula is C21H28N4O8S3. The molecule has 1 aromatic carbocycles. The van der Waals surface area contributed by atoms with Crippen molar-refractivity contribution in [1.82, 2.24) is 9.21 Å². The predicted molar refractivity (Wildman–Crippen MR) is 133 cm³/mol. The molecule has 0 radical (unpaired) electrons. The van der Waals surface area contributed by atoms with E-state index in [-0.39, 0.29) is 30.5 Å². The maximum atomic E-state index is 13.2. The summed E-state index contributed by atoms with van der Waals surface area (Å²) in [5.74, 6) is 0. The molecule has 2 heterocycles. The fourth-order valence-corrected chi connectivity index (χ4v) is 7.71. The van der Waals surface area contributed by atoms with E-state index in [1.165, 1.54) is 9.21 Å². The third-order valence-corrected chi connectivity index (χ3v) is 9.78. The van der Waals surface area contributed by atoms with Crippen LogP contribution in [0.4, 0.5) is 4.79 Å². The number of methoxy groups -OCH3 is 1. The van der Waals surface area contributed by atoms with Gasteiger partial charge in [-0.2, -0.15) is 4.31 Å². The number of nitrogens with two attached hydrogens (primary N) is 1. The Bertz CT molecular complexity index is 1160. The van der Waals surface area contributed by atoms with Crippen LogP contribution in [0.3, 0.4) is 0 Å². The Balaban J connectivity index is 1.76. The molecule has 198 valence electrons. The van der Waals surface area contributed by atoms with Gasteiger partial charge in [0.25, 0.3) is 15.1 Å². The van der Waals surface area contributed by atoms with Gasteiger partial charge in [-0.15, -0.1) is 21.5 Å². The molecule has 1 atom stereocenters. The third kappa shape index (κ3) is 6.66. The highest BCUT2D eigenvalue weighted by Crippen LogP contribution is 2.43. The lowest BCUT2D eigenvalue weighted by molar-refractivity contribution is -0.763. The van der Waals surface area contributed by atoms with E-state index in [1.54, 1.807) is 44.4 Å². The summed E-state index contributed by atoms with van der Waals surface area (Å²) in [6.07, 6.45) is -0.0699. The zero-order valence-corrected chi connectivity index (χ0v) is 22.3. The molecule has 1 aromatic heterocycles. The molecule has 0 spiro atoms. The van der Waals surface area contributed by atoms with Crippen molar-refractivity contribution in [3.8, 4) is 0 Å². The molecule has 36 heavy (non-hydrogen) atoms. The first-order valence-corrected chi connectivity index (χ1v) is 14.1. The first-order chi connectivity index (χ1) is 17.2. The molecule has 1 unspecified atom stereocenters. The number of fused-ring (bicyclic) bond motifs is 1. The van der Waals surface area contributed by atoms with Crippen molar-refractivity contribution in [3.63, 3.8) is 0 Å². The summed E-state index contributed by atoms with van der Waals surface area (Å²) in [5.41, 5.74) is 1.83. The minimum Gasteiger partial charge on any atom is -0.445 e. The van der Waals surface area contributed by atoms with Gasteiger partial charge in [0.05, 0.1) is 10.3 Å². The number of sulfonamides is 1. The highest BCUT2D eigenvalue weighted by molar-refractivity contribution is 7.99. The largest absolute Gasteiger partial charge is 0.445 e. The van der Waals surface area contributed by atoms with Crippen molar-refractivity contribution in [1.29, 1.82) is 0 Å². The van der Waals surface area contributed by atoms with Gasteiger partial charge in [-0.25, -0.2) is 13.2 Å². The molecule has 2 N–H and O–H groups in total. The van der Waals surface area contributed by atoms with Crippen LogP contribution in [0.15, 0.2) is 38.8 Å². The van der Waals surface area contributed by atoms with Crippen molar-refractivity contribution in [3.05, 3.63) is 57.1 Å². The van der Waals surface area contributed by atoms with Gasteiger partial charge in [0, 0.05) is 38.9 Å². The van der Waals surface area contributed by atoms with E-state index in [0.717, 1.165) is 23.3 Å². The Morgan fingerprint density at radius 3 is 2.56 bits per heavy atom. The molecule has 0 aliphatic carbocycles. The second-order valence-electron chi connectivity index (χ2n) is 7.81. The minimum absolute atomic E-state index is 0.0192. The molecule has 0 fully saturated rings. The van der Waals surface area contributed by atoms with E-state index in [1.807, 2.05) is 0 Å². The summed E-state index contributed by atoms with van der Waals surface area (Å²) in [6, 6.07) is 7.86. The number of amides is 1. The Kier molecular flexibility index (Phi) is 9.92. The fraction of sp³-hybridized carbons (Fsp3) is 0.476. The Labute approximate surface area is 217 Å². The number of benzene rings is 1. The quantitative estimate of drug-likeness (QED) is 0.177.